The Balaban J connectivity index is 2.01. The molecule has 1 saturated carbocycles. The molecule has 0 N–H and O–H groups in total. The molecule has 1 fully saturated rings. The largest absolute Gasteiger partial charge is 0.462 e. The molecule has 128 valence electrons. The number of ether oxygens (including phenoxy) is 2. The lowest BCUT2D eigenvalue weighted by molar-refractivity contribution is -0.120. The standard InChI is InChI=1S/C18H21NO5/c1-5-23-14(20)11-6-7-12-13(10-11)19(15(21)18(12)8-9-18)16(22)24-17(2,3)4/h6-7,10H,5,8-9H2,1-4H3. The molecule has 0 saturated heterocycles. The van der Waals surface area contributed by atoms with Crippen molar-refractivity contribution in [1.29, 1.82) is 0 Å². The predicted octanol–water partition coefficient (Wildman–Crippen LogP) is 3.18. The number of benzene rings is 1. The average molecular weight is 331 g/mol. The second kappa shape index (κ2) is 5.33. The maximum absolute atomic E-state index is 12.8. The summed E-state index contributed by atoms with van der Waals surface area (Å²) in [6.45, 7) is 7.21. The number of rotatable bonds is 2. The van der Waals surface area contributed by atoms with Crippen LogP contribution < -0.4 is 4.90 Å². The van der Waals surface area contributed by atoms with Gasteiger partial charge in [0.15, 0.2) is 0 Å². The highest BCUT2D eigenvalue weighted by atomic mass is 16.6. The molecule has 3 rings (SSSR count). The Hall–Kier alpha value is -2.37. The van der Waals surface area contributed by atoms with Crippen LogP contribution in [0.15, 0.2) is 18.2 Å². The van der Waals surface area contributed by atoms with Gasteiger partial charge in [-0.05, 0) is 58.2 Å². The van der Waals surface area contributed by atoms with Crippen LogP contribution in [-0.2, 0) is 19.7 Å². The fourth-order valence-corrected chi connectivity index (χ4v) is 3.00. The number of carbonyl (C=O) groups is 3. The molecule has 6 nitrogen and oxygen atoms in total. The molecule has 0 bridgehead atoms. The third-order valence-corrected chi connectivity index (χ3v) is 4.20. The number of anilines is 1. The molecule has 0 unspecified atom stereocenters. The molecule has 2 aliphatic rings. The SMILES string of the molecule is CCOC(=O)c1ccc2c(c1)N(C(=O)OC(C)(C)C)C(=O)C21CC1. The Morgan fingerprint density at radius 2 is 1.92 bits per heavy atom. The molecule has 6 heteroatoms. The van der Waals surface area contributed by atoms with E-state index in [1.165, 1.54) is 0 Å². The number of esters is 1. The van der Waals surface area contributed by atoms with Crippen molar-refractivity contribution in [2.24, 2.45) is 0 Å². The summed E-state index contributed by atoms with van der Waals surface area (Å²) in [5.41, 5.74) is 0.188. The molecule has 1 aromatic rings. The monoisotopic (exact) mass is 331 g/mol. The Morgan fingerprint density at radius 1 is 1.25 bits per heavy atom. The zero-order valence-corrected chi connectivity index (χ0v) is 14.3. The summed E-state index contributed by atoms with van der Waals surface area (Å²) in [7, 11) is 0. The second-order valence-electron chi connectivity index (χ2n) is 7.16. The van der Waals surface area contributed by atoms with Crippen LogP contribution in [0, 0.1) is 0 Å². The van der Waals surface area contributed by atoms with Crippen molar-refractivity contribution >= 4 is 23.7 Å². The van der Waals surface area contributed by atoms with E-state index in [-0.39, 0.29) is 12.5 Å². The van der Waals surface area contributed by atoms with Crippen LogP contribution in [0.2, 0.25) is 0 Å². The maximum atomic E-state index is 12.8. The van der Waals surface area contributed by atoms with Gasteiger partial charge in [0, 0.05) is 0 Å². The molecule has 1 heterocycles. The van der Waals surface area contributed by atoms with Crippen molar-refractivity contribution in [3.05, 3.63) is 29.3 Å². The van der Waals surface area contributed by atoms with E-state index in [0.29, 0.717) is 24.1 Å². The van der Waals surface area contributed by atoms with E-state index in [0.717, 1.165) is 10.5 Å². The first-order chi connectivity index (χ1) is 11.2. The highest BCUT2D eigenvalue weighted by Crippen LogP contribution is 2.57. The Kier molecular flexibility index (Phi) is 3.66. The lowest BCUT2D eigenvalue weighted by atomic mass is 9.97. The summed E-state index contributed by atoms with van der Waals surface area (Å²) in [6.07, 6.45) is 0.701. The van der Waals surface area contributed by atoms with Gasteiger partial charge in [-0.25, -0.2) is 14.5 Å². The third kappa shape index (κ3) is 2.56. The van der Waals surface area contributed by atoms with Gasteiger partial charge in [0.05, 0.1) is 23.3 Å². The quantitative estimate of drug-likeness (QED) is 0.778. The van der Waals surface area contributed by atoms with Crippen molar-refractivity contribution < 1.29 is 23.9 Å². The van der Waals surface area contributed by atoms with E-state index in [4.69, 9.17) is 9.47 Å². The Labute approximate surface area is 140 Å². The van der Waals surface area contributed by atoms with Crippen LogP contribution in [0.3, 0.4) is 0 Å². The van der Waals surface area contributed by atoms with Crippen LogP contribution >= 0.6 is 0 Å². The molecule has 1 aliphatic heterocycles. The molecular weight excluding hydrogens is 310 g/mol. The number of carbonyl (C=O) groups excluding carboxylic acids is 3. The van der Waals surface area contributed by atoms with Crippen molar-refractivity contribution in [3.8, 4) is 0 Å². The Morgan fingerprint density at radius 3 is 2.46 bits per heavy atom. The van der Waals surface area contributed by atoms with Crippen LogP contribution in [0.25, 0.3) is 0 Å². The third-order valence-electron chi connectivity index (χ3n) is 4.20. The molecule has 1 spiro atoms. The van der Waals surface area contributed by atoms with Gasteiger partial charge in [-0.2, -0.15) is 0 Å². The molecule has 1 aliphatic carbocycles. The minimum atomic E-state index is -0.713. The molecular formula is C18H21NO5. The van der Waals surface area contributed by atoms with E-state index in [2.05, 4.69) is 0 Å². The normalized spacial score (nSPS) is 17.7. The minimum absolute atomic E-state index is 0.258. The van der Waals surface area contributed by atoms with Gasteiger partial charge < -0.3 is 9.47 Å². The van der Waals surface area contributed by atoms with Crippen LogP contribution in [0.5, 0.6) is 0 Å². The second-order valence-corrected chi connectivity index (χ2v) is 7.16. The zero-order chi connectivity index (χ0) is 17.7. The Bertz CT molecular complexity index is 727. The van der Waals surface area contributed by atoms with E-state index in [1.807, 2.05) is 0 Å². The van der Waals surface area contributed by atoms with Crippen molar-refractivity contribution in [1.82, 2.24) is 0 Å². The predicted molar refractivity (Wildman–Crippen MR) is 87.0 cm³/mol. The molecule has 0 atom stereocenters. The summed E-state index contributed by atoms with van der Waals surface area (Å²) in [6, 6.07) is 4.93. The van der Waals surface area contributed by atoms with Crippen molar-refractivity contribution in [2.45, 2.75) is 51.6 Å². The summed E-state index contributed by atoms with van der Waals surface area (Å²) in [5.74, 6) is -0.749. The summed E-state index contributed by atoms with van der Waals surface area (Å²) < 4.78 is 10.4. The molecule has 1 aromatic carbocycles. The summed E-state index contributed by atoms with van der Waals surface area (Å²) in [5, 5.41) is 0. The smallest absolute Gasteiger partial charge is 0.421 e. The lowest BCUT2D eigenvalue weighted by Gasteiger charge is -2.24. The first-order valence-electron chi connectivity index (χ1n) is 8.09. The fraction of sp³-hybridized carbons (Fsp3) is 0.500. The van der Waals surface area contributed by atoms with Gasteiger partial charge in [0.2, 0.25) is 5.91 Å². The zero-order valence-electron chi connectivity index (χ0n) is 14.3. The van der Waals surface area contributed by atoms with Gasteiger partial charge in [-0.15, -0.1) is 0 Å². The highest BCUT2D eigenvalue weighted by molar-refractivity contribution is 6.22. The number of amides is 2. The maximum Gasteiger partial charge on any atom is 0.421 e. The molecule has 0 radical (unpaired) electrons. The number of imide groups is 1. The lowest BCUT2D eigenvalue weighted by Crippen LogP contribution is -2.41. The minimum Gasteiger partial charge on any atom is -0.462 e. The van der Waals surface area contributed by atoms with Gasteiger partial charge in [-0.1, -0.05) is 6.07 Å². The summed E-state index contributed by atoms with van der Waals surface area (Å²) in [4.78, 5) is 38.3. The highest BCUT2D eigenvalue weighted by Gasteiger charge is 2.61. The molecule has 24 heavy (non-hydrogen) atoms. The van der Waals surface area contributed by atoms with Gasteiger partial charge in [0.25, 0.3) is 0 Å². The first kappa shape index (κ1) is 16.5. The van der Waals surface area contributed by atoms with E-state index >= 15 is 0 Å². The molecule has 2 amide bonds. The average Bonchev–Trinajstić information content (AvgIpc) is 3.22. The topological polar surface area (TPSA) is 72.9 Å². The van der Waals surface area contributed by atoms with Crippen LogP contribution in [0.4, 0.5) is 10.5 Å². The van der Waals surface area contributed by atoms with Gasteiger partial charge in [0.1, 0.15) is 5.60 Å². The van der Waals surface area contributed by atoms with E-state index in [9.17, 15) is 14.4 Å². The van der Waals surface area contributed by atoms with E-state index in [1.54, 1.807) is 45.9 Å². The van der Waals surface area contributed by atoms with Crippen LogP contribution in [-0.4, -0.2) is 30.2 Å². The number of hydrogen-bond donors (Lipinski definition) is 0. The number of nitrogens with zero attached hydrogens (tertiary/aromatic N) is 1. The summed E-state index contributed by atoms with van der Waals surface area (Å²) >= 11 is 0. The fourth-order valence-electron chi connectivity index (χ4n) is 3.00. The van der Waals surface area contributed by atoms with Crippen molar-refractivity contribution in [3.63, 3.8) is 0 Å². The van der Waals surface area contributed by atoms with E-state index < -0.39 is 23.1 Å². The van der Waals surface area contributed by atoms with Crippen LogP contribution in [0.1, 0.15) is 56.5 Å². The first-order valence-corrected chi connectivity index (χ1v) is 8.09. The number of fused-ring (bicyclic) bond motifs is 2. The van der Waals surface area contributed by atoms with Crippen molar-refractivity contribution in [2.75, 3.05) is 11.5 Å². The van der Waals surface area contributed by atoms with Gasteiger partial charge in [-0.3, -0.25) is 4.79 Å². The van der Waals surface area contributed by atoms with Gasteiger partial charge >= 0.3 is 12.1 Å². The number of hydrogen-bond acceptors (Lipinski definition) is 5. The molecule has 0 aromatic heterocycles.